The lowest BCUT2D eigenvalue weighted by Crippen LogP contribution is -2.35. The Balaban J connectivity index is 1.44. The van der Waals surface area contributed by atoms with Gasteiger partial charge in [-0.3, -0.25) is 9.52 Å². The van der Waals surface area contributed by atoms with Crippen molar-refractivity contribution < 1.29 is 13.2 Å². The fourth-order valence-corrected chi connectivity index (χ4v) is 5.36. The smallest absolute Gasteiger partial charge is 0.261 e. The average molecular weight is 457 g/mol. The van der Waals surface area contributed by atoms with Crippen LogP contribution in [0.4, 0.5) is 10.8 Å². The minimum absolute atomic E-state index is 0.0863. The molecule has 0 atom stereocenters. The molecule has 1 aliphatic rings. The van der Waals surface area contributed by atoms with Crippen molar-refractivity contribution in [3.05, 3.63) is 71.2 Å². The van der Waals surface area contributed by atoms with E-state index in [0.29, 0.717) is 24.3 Å². The third kappa shape index (κ3) is 4.88. The van der Waals surface area contributed by atoms with Gasteiger partial charge in [-0.05, 0) is 49.2 Å². The highest BCUT2D eigenvalue weighted by atomic mass is 32.2. The standard InChI is InChI=1S/C22H24N4O3S2/c1-17-5-2-3-6-20(17)24-31(28,29)19-9-7-18(8-10-19)21(27)25-12-4-13-26(15-14-25)22-23-11-16-30-22/h2-3,5-11,16,24H,4,12-15H2,1H3. The van der Waals surface area contributed by atoms with Gasteiger partial charge in [-0.1, -0.05) is 18.2 Å². The molecule has 7 nitrogen and oxygen atoms in total. The molecule has 31 heavy (non-hydrogen) atoms. The molecular formula is C22H24N4O3S2. The lowest BCUT2D eigenvalue weighted by atomic mass is 10.2. The molecule has 0 radical (unpaired) electrons. The highest BCUT2D eigenvalue weighted by molar-refractivity contribution is 7.92. The lowest BCUT2D eigenvalue weighted by molar-refractivity contribution is 0.0767. The normalized spacial score (nSPS) is 14.9. The number of nitrogens with one attached hydrogen (secondary N) is 1. The van der Waals surface area contributed by atoms with E-state index < -0.39 is 10.0 Å². The minimum atomic E-state index is -3.73. The summed E-state index contributed by atoms with van der Waals surface area (Å²) in [6, 6.07) is 13.3. The average Bonchev–Trinajstić information content (AvgIpc) is 3.19. The van der Waals surface area contributed by atoms with Gasteiger partial charge >= 0.3 is 0 Å². The van der Waals surface area contributed by atoms with Crippen LogP contribution < -0.4 is 9.62 Å². The summed E-state index contributed by atoms with van der Waals surface area (Å²) in [5, 5.41) is 2.93. The molecule has 3 aromatic rings. The molecule has 0 aliphatic carbocycles. The number of carbonyl (C=O) groups is 1. The Hall–Kier alpha value is -2.91. The molecule has 1 aliphatic heterocycles. The maximum Gasteiger partial charge on any atom is 0.261 e. The summed E-state index contributed by atoms with van der Waals surface area (Å²) in [5.74, 6) is -0.0863. The summed E-state index contributed by atoms with van der Waals surface area (Å²) in [5.41, 5.74) is 1.86. The number of benzene rings is 2. The van der Waals surface area contributed by atoms with Crippen molar-refractivity contribution in [2.24, 2.45) is 0 Å². The van der Waals surface area contributed by atoms with Crippen LogP contribution in [0.3, 0.4) is 0 Å². The van der Waals surface area contributed by atoms with Crippen LogP contribution in [0.1, 0.15) is 22.3 Å². The SMILES string of the molecule is Cc1ccccc1NS(=O)(=O)c1ccc(C(=O)N2CCCN(c3nccs3)CC2)cc1. The van der Waals surface area contributed by atoms with Gasteiger partial charge in [-0.15, -0.1) is 11.3 Å². The highest BCUT2D eigenvalue weighted by Gasteiger charge is 2.22. The molecule has 1 aromatic heterocycles. The van der Waals surface area contributed by atoms with Gasteiger partial charge in [0.2, 0.25) is 0 Å². The summed E-state index contributed by atoms with van der Waals surface area (Å²) in [4.78, 5) is 21.5. The van der Waals surface area contributed by atoms with E-state index >= 15 is 0 Å². The second kappa shape index (κ2) is 9.07. The van der Waals surface area contributed by atoms with Crippen LogP contribution in [0, 0.1) is 6.92 Å². The van der Waals surface area contributed by atoms with E-state index in [2.05, 4.69) is 14.6 Å². The molecule has 0 bridgehead atoms. The quantitative estimate of drug-likeness (QED) is 0.634. The van der Waals surface area contributed by atoms with E-state index in [1.807, 2.05) is 29.3 Å². The van der Waals surface area contributed by atoms with Crippen molar-refractivity contribution in [3.63, 3.8) is 0 Å². The van der Waals surface area contributed by atoms with Crippen molar-refractivity contribution in [1.29, 1.82) is 0 Å². The first-order valence-corrected chi connectivity index (χ1v) is 12.4. The van der Waals surface area contributed by atoms with Crippen molar-refractivity contribution >= 4 is 38.1 Å². The predicted molar refractivity (Wildman–Crippen MR) is 123 cm³/mol. The number of nitrogens with zero attached hydrogens (tertiary/aromatic N) is 3. The number of aryl methyl sites for hydroxylation is 1. The van der Waals surface area contributed by atoms with E-state index in [4.69, 9.17) is 0 Å². The van der Waals surface area contributed by atoms with E-state index in [1.165, 1.54) is 12.1 Å². The lowest BCUT2D eigenvalue weighted by Gasteiger charge is -2.22. The van der Waals surface area contributed by atoms with Crippen LogP contribution >= 0.6 is 11.3 Å². The molecule has 1 fully saturated rings. The molecule has 2 aromatic carbocycles. The summed E-state index contributed by atoms with van der Waals surface area (Å²) >= 11 is 1.60. The highest BCUT2D eigenvalue weighted by Crippen LogP contribution is 2.22. The third-order valence-electron chi connectivity index (χ3n) is 5.27. The number of hydrogen-bond acceptors (Lipinski definition) is 6. The maximum absolute atomic E-state index is 13.0. The van der Waals surface area contributed by atoms with E-state index in [1.54, 1.807) is 41.8 Å². The van der Waals surface area contributed by atoms with Gasteiger partial charge in [0.05, 0.1) is 10.6 Å². The first kappa shape index (κ1) is 21.3. The minimum Gasteiger partial charge on any atom is -0.346 e. The molecule has 2 heterocycles. The van der Waals surface area contributed by atoms with Crippen LogP contribution in [0.5, 0.6) is 0 Å². The van der Waals surface area contributed by atoms with Gasteiger partial charge < -0.3 is 9.80 Å². The first-order valence-electron chi connectivity index (χ1n) is 10.1. The number of carbonyl (C=O) groups excluding carboxylic acids is 1. The Bertz CT molecular complexity index is 1150. The van der Waals surface area contributed by atoms with Crippen molar-refractivity contribution in [1.82, 2.24) is 9.88 Å². The van der Waals surface area contributed by atoms with Crippen LogP contribution in [0.25, 0.3) is 0 Å². The Morgan fingerprint density at radius 1 is 1.03 bits per heavy atom. The van der Waals surface area contributed by atoms with E-state index in [9.17, 15) is 13.2 Å². The van der Waals surface area contributed by atoms with Gasteiger partial charge in [0, 0.05) is 43.3 Å². The molecular weight excluding hydrogens is 432 g/mol. The van der Waals surface area contributed by atoms with Gasteiger partial charge in [0.1, 0.15) is 0 Å². The van der Waals surface area contributed by atoms with Crippen LogP contribution in [0.2, 0.25) is 0 Å². The Morgan fingerprint density at radius 2 is 1.81 bits per heavy atom. The third-order valence-corrected chi connectivity index (χ3v) is 7.49. The zero-order valence-electron chi connectivity index (χ0n) is 17.2. The number of para-hydroxylation sites is 1. The molecule has 162 valence electrons. The summed E-state index contributed by atoms with van der Waals surface area (Å²) in [6.07, 6.45) is 2.65. The van der Waals surface area contributed by atoms with Gasteiger partial charge in [-0.25, -0.2) is 13.4 Å². The van der Waals surface area contributed by atoms with Crippen molar-refractivity contribution in [2.45, 2.75) is 18.2 Å². The molecule has 9 heteroatoms. The summed E-state index contributed by atoms with van der Waals surface area (Å²) in [7, 11) is -3.73. The fraction of sp³-hybridized carbons (Fsp3) is 0.273. The second-order valence-electron chi connectivity index (χ2n) is 7.39. The summed E-state index contributed by atoms with van der Waals surface area (Å²) in [6.45, 7) is 4.70. The second-order valence-corrected chi connectivity index (χ2v) is 9.95. The van der Waals surface area contributed by atoms with Crippen molar-refractivity contribution in [2.75, 3.05) is 35.8 Å². The first-order chi connectivity index (χ1) is 14.9. The number of hydrogen-bond donors (Lipinski definition) is 1. The molecule has 0 saturated carbocycles. The molecule has 1 saturated heterocycles. The number of anilines is 2. The van der Waals surface area contributed by atoms with Gasteiger partial charge in [-0.2, -0.15) is 0 Å². The molecule has 1 N–H and O–H groups in total. The number of rotatable bonds is 5. The zero-order chi connectivity index (χ0) is 21.8. The Morgan fingerprint density at radius 3 is 2.52 bits per heavy atom. The van der Waals surface area contributed by atoms with Gasteiger partial charge in [0.25, 0.3) is 15.9 Å². The van der Waals surface area contributed by atoms with Crippen molar-refractivity contribution in [3.8, 4) is 0 Å². The van der Waals surface area contributed by atoms with Crippen LogP contribution in [0.15, 0.2) is 65.0 Å². The molecule has 0 spiro atoms. The number of amides is 1. The fourth-order valence-electron chi connectivity index (χ4n) is 3.53. The number of aromatic nitrogens is 1. The summed E-state index contributed by atoms with van der Waals surface area (Å²) < 4.78 is 28.0. The molecule has 4 rings (SSSR count). The number of sulfonamides is 1. The van der Waals surface area contributed by atoms with Gasteiger partial charge in [0.15, 0.2) is 5.13 Å². The topological polar surface area (TPSA) is 82.6 Å². The van der Waals surface area contributed by atoms with Crippen LogP contribution in [-0.4, -0.2) is 50.4 Å². The largest absolute Gasteiger partial charge is 0.346 e. The van der Waals surface area contributed by atoms with Crippen LogP contribution in [-0.2, 0) is 10.0 Å². The monoisotopic (exact) mass is 456 g/mol. The Labute approximate surface area is 186 Å². The van der Waals surface area contributed by atoms with E-state index in [-0.39, 0.29) is 10.8 Å². The number of thiazole rings is 1. The molecule has 1 amide bonds. The maximum atomic E-state index is 13.0. The zero-order valence-corrected chi connectivity index (χ0v) is 18.8. The predicted octanol–water partition coefficient (Wildman–Crippen LogP) is 3.60. The van der Waals surface area contributed by atoms with E-state index in [0.717, 1.165) is 30.2 Å². The molecule has 0 unspecified atom stereocenters. The Kier molecular flexibility index (Phi) is 6.24.